The van der Waals surface area contributed by atoms with E-state index in [0.717, 1.165) is 66.1 Å². The minimum atomic E-state index is 0.370. The van der Waals surface area contributed by atoms with Gasteiger partial charge in [-0.1, -0.05) is 78.9 Å². The zero-order chi connectivity index (χ0) is 42.6. The number of aryl methyl sites for hydroxylation is 2. The van der Waals surface area contributed by atoms with Crippen molar-refractivity contribution in [3.05, 3.63) is 190 Å². The van der Waals surface area contributed by atoms with Crippen molar-refractivity contribution in [1.29, 1.82) is 15.8 Å². The number of nitriles is 3. The van der Waals surface area contributed by atoms with Crippen LogP contribution in [0.4, 0.5) is 11.4 Å². The van der Waals surface area contributed by atoms with Gasteiger partial charge in [-0.05, 0) is 96.8 Å². The Balaban J connectivity index is 1.33. The quantitative estimate of drug-likeness (QED) is 0.161. The number of benzene rings is 7. The number of nitrogens with zero attached hydrogens (tertiary/aromatic N) is 9. The molecule has 0 saturated carbocycles. The summed E-state index contributed by atoms with van der Waals surface area (Å²) in [6.07, 6.45) is 0. The van der Waals surface area contributed by atoms with Crippen LogP contribution in [0.25, 0.3) is 98.3 Å². The van der Waals surface area contributed by atoms with Crippen LogP contribution in [0.1, 0.15) is 28.1 Å². The summed E-state index contributed by atoms with van der Waals surface area (Å²) in [5.41, 5.74) is 11.9. The number of para-hydroxylation sites is 2. The van der Waals surface area contributed by atoms with Gasteiger partial charge in [0.2, 0.25) is 0 Å². The molecule has 0 spiro atoms. The average molecular weight is 792 g/mol. The highest BCUT2D eigenvalue weighted by molar-refractivity contribution is 6.12. The lowest BCUT2D eigenvalue weighted by molar-refractivity contribution is 1.05. The van der Waals surface area contributed by atoms with Crippen LogP contribution in [-0.2, 0) is 0 Å². The van der Waals surface area contributed by atoms with E-state index in [2.05, 4.69) is 49.2 Å². The summed E-state index contributed by atoms with van der Waals surface area (Å²) >= 11 is 0. The van der Waals surface area contributed by atoms with Crippen molar-refractivity contribution in [2.45, 2.75) is 13.8 Å². The molecule has 9 nitrogen and oxygen atoms in total. The molecular formula is C53H29N9. The normalized spacial score (nSPS) is 11.0. The maximum atomic E-state index is 11.5. The fourth-order valence-corrected chi connectivity index (χ4v) is 8.74. The Hall–Kier alpha value is -9.33. The predicted octanol–water partition coefficient (Wildman–Crippen LogP) is 13.0. The number of hydrogen-bond donors (Lipinski definition) is 0. The molecule has 0 saturated heterocycles. The van der Waals surface area contributed by atoms with Crippen molar-refractivity contribution in [2.75, 3.05) is 0 Å². The van der Waals surface area contributed by atoms with Crippen molar-refractivity contribution >= 4 is 55.0 Å². The Morgan fingerprint density at radius 1 is 0.500 bits per heavy atom. The molecular weight excluding hydrogens is 763 g/mol. The van der Waals surface area contributed by atoms with Gasteiger partial charge < -0.3 is 9.13 Å². The molecule has 0 aliphatic carbocycles. The lowest BCUT2D eigenvalue weighted by atomic mass is 9.98. The first-order valence-corrected chi connectivity index (χ1v) is 19.6. The maximum absolute atomic E-state index is 11.5. The van der Waals surface area contributed by atoms with E-state index >= 15 is 0 Å². The average Bonchev–Trinajstić information content (AvgIpc) is 3.82. The molecule has 10 aromatic rings. The molecule has 9 heteroatoms. The molecule has 10 rings (SSSR count). The van der Waals surface area contributed by atoms with Gasteiger partial charge in [0.05, 0.1) is 58.7 Å². The minimum absolute atomic E-state index is 0.370. The van der Waals surface area contributed by atoms with Crippen LogP contribution in [0.5, 0.6) is 0 Å². The Kier molecular flexibility index (Phi) is 8.64. The molecule has 0 amide bonds. The zero-order valence-corrected chi connectivity index (χ0v) is 33.3. The first-order chi connectivity index (χ1) is 30.3. The Labute approximate surface area is 356 Å². The number of aromatic nitrogens is 4. The molecule has 3 heterocycles. The summed E-state index contributed by atoms with van der Waals surface area (Å²) in [6.45, 7) is 19.4. The molecule has 0 bridgehead atoms. The minimum Gasteiger partial charge on any atom is -0.308 e. The molecule has 0 atom stereocenters. The third kappa shape index (κ3) is 5.81. The molecule has 0 unspecified atom stereocenters. The van der Waals surface area contributed by atoms with Crippen molar-refractivity contribution in [2.24, 2.45) is 0 Å². The maximum Gasteiger partial charge on any atom is 0.196 e. The highest BCUT2D eigenvalue weighted by Gasteiger charge is 2.24. The fourth-order valence-electron chi connectivity index (χ4n) is 8.74. The monoisotopic (exact) mass is 791 g/mol. The number of hydrogen-bond acceptors (Lipinski definition) is 5. The van der Waals surface area contributed by atoms with Gasteiger partial charge in [-0.25, -0.2) is 19.7 Å². The standard InChI is InChI=1S/C53H29N9/c1-31-21-32(2)60-53(59-31)36-26-51(61-47-11-7-5-9-41(47)43-18-14-34(24-49(43)61)39-20-16-38(57-3)23-37(39)29-55)45(30-56)52(27-36)62-48-12-8-6-10-42(48)44-19-15-35(25-50(44)62)40-17-13-33(28-54)22-46(40)58-4/h5-27H,1-2H3. The summed E-state index contributed by atoms with van der Waals surface area (Å²) in [5, 5.41) is 35.1. The highest BCUT2D eigenvalue weighted by atomic mass is 15.0. The van der Waals surface area contributed by atoms with E-state index < -0.39 is 0 Å². The molecule has 7 aromatic carbocycles. The first kappa shape index (κ1) is 37.0. The lowest BCUT2D eigenvalue weighted by Crippen LogP contribution is -2.06. The molecule has 286 valence electrons. The van der Waals surface area contributed by atoms with E-state index in [4.69, 9.17) is 23.1 Å². The van der Waals surface area contributed by atoms with Gasteiger partial charge in [-0.3, -0.25) is 0 Å². The predicted molar refractivity (Wildman–Crippen MR) is 243 cm³/mol. The van der Waals surface area contributed by atoms with Crippen LogP contribution < -0.4 is 0 Å². The summed E-state index contributed by atoms with van der Waals surface area (Å²) in [4.78, 5) is 17.1. The largest absolute Gasteiger partial charge is 0.308 e. The van der Waals surface area contributed by atoms with Gasteiger partial charge in [0.15, 0.2) is 17.2 Å². The van der Waals surface area contributed by atoms with Gasteiger partial charge >= 0.3 is 0 Å². The second kappa shape index (κ2) is 14.5. The van der Waals surface area contributed by atoms with Gasteiger partial charge in [-0.2, -0.15) is 15.8 Å². The highest BCUT2D eigenvalue weighted by Crippen LogP contribution is 2.42. The van der Waals surface area contributed by atoms with E-state index in [1.165, 1.54) is 0 Å². The molecule has 0 aliphatic rings. The molecule has 0 N–H and O–H groups in total. The van der Waals surface area contributed by atoms with Crippen molar-refractivity contribution in [3.63, 3.8) is 0 Å². The fraction of sp³-hybridized carbons (Fsp3) is 0.0377. The third-order valence-corrected chi connectivity index (χ3v) is 11.4. The smallest absolute Gasteiger partial charge is 0.196 e. The molecule has 3 aromatic heterocycles. The van der Waals surface area contributed by atoms with Crippen LogP contribution in [-0.4, -0.2) is 19.1 Å². The Morgan fingerprint density at radius 2 is 1.06 bits per heavy atom. The summed E-state index contributed by atoms with van der Waals surface area (Å²) in [7, 11) is 0. The van der Waals surface area contributed by atoms with E-state index in [1.807, 2.05) is 117 Å². The van der Waals surface area contributed by atoms with Gasteiger partial charge in [0.1, 0.15) is 11.6 Å². The Morgan fingerprint density at radius 3 is 1.61 bits per heavy atom. The first-order valence-electron chi connectivity index (χ1n) is 19.6. The van der Waals surface area contributed by atoms with Crippen LogP contribution in [0.15, 0.2) is 140 Å². The second-order valence-electron chi connectivity index (χ2n) is 15.1. The summed E-state index contributed by atoms with van der Waals surface area (Å²) < 4.78 is 4.22. The van der Waals surface area contributed by atoms with Crippen molar-refractivity contribution < 1.29 is 0 Å². The van der Waals surface area contributed by atoms with Gasteiger partial charge in [0, 0.05) is 49.6 Å². The van der Waals surface area contributed by atoms with Crippen LogP contribution in [0.3, 0.4) is 0 Å². The topological polar surface area (TPSA) is 116 Å². The van der Waals surface area contributed by atoms with Crippen LogP contribution >= 0.6 is 0 Å². The van der Waals surface area contributed by atoms with Crippen LogP contribution in [0.2, 0.25) is 0 Å². The van der Waals surface area contributed by atoms with Gasteiger partial charge in [0.25, 0.3) is 0 Å². The molecule has 0 radical (unpaired) electrons. The summed E-state index contributed by atoms with van der Waals surface area (Å²) in [5.74, 6) is 0.509. The van der Waals surface area contributed by atoms with Crippen molar-refractivity contribution in [3.8, 4) is 63.2 Å². The molecule has 0 fully saturated rings. The number of rotatable bonds is 5. The SMILES string of the molecule is [C-]#[N+]c1ccc(-c2ccc3c4ccccc4n(-c4cc(-c5nc(C)cc(C)n5)cc(-n5c6ccccc6c6ccc(-c7ccc(C#N)cc7[N+]#[C-])cc65)c4C#N)c3c2)c(C#N)c1. The zero-order valence-electron chi connectivity index (χ0n) is 33.3. The van der Waals surface area contributed by atoms with Gasteiger partial charge in [-0.15, -0.1) is 0 Å². The third-order valence-electron chi connectivity index (χ3n) is 11.4. The van der Waals surface area contributed by atoms with E-state index in [-0.39, 0.29) is 0 Å². The van der Waals surface area contributed by atoms with E-state index in [1.54, 1.807) is 24.3 Å². The number of fused-ring (bicyclic) bond motifs is 6. The van der Waals surface area contributed by atoms with E-state index in [9.17, 15) is 15.8 Å². The molecule has 0 aliphatic heterocycles. The van der Waals surface area contributed by atoms with Crippen LogP contribution in [0, 0.1) is 61.0 Å². The van der Waals surface area contributed by atoms with Crippen molar-refractivity contribution in [1.82, 2.24) is 19.1 Å². The van der Waals surface area contributed by atoms with E-state index in [0.29, 0.717) is 62.0 Å². The second-order valence-corrected chi connectivity index (χ2v) is 15.1. The molecule has 62 heavy (non-hydrogen) atoms. The summed E-state index contributed by atoms with van der Waals surface area (Å²) in [6, 6.07) is 51.6. The Bertz CT molecular complexity index is 3560. The lowest BCUT2D eigenvalue weighted by Gasteiger charge is -2.18.